The molecule has 0 unspecified atom stereocenters. The fraction of sp³-hybridized carbons (Fsp3) is 1.00. The van der Waals surface area contributed by atoms with Crippen LogP contribution in [0, 0.1) is 10.8 Å². The Kier molecular flexibility index (Phi) is 2.75. The number of likely N-dealkylation sites (tertiary alicyclic amines) is 1. The Bertz CT molecular complexity index is 218. The van der Waals surface area contributed by atoms with Crippen molar-refractivity contribution in [1.82, 2.24) is 4.90 Å². The van der Waals surface area contributed by atoms with E-state index in [-0.39, 0.29) is 17.6 Å². The Morgan fingerprint density at radius 1 is 1.07 bits per heavy atom. The Labute approximate surface area is 88.3 Å². The molecule has 2 nitrogen and oxygen atoms in total. The number of aliphatic hydroxyl groups is 1. The van der Waals surface area contributed by atoms with E-state index in [1.807, 2.05) is 0 Å². The molecule has 0 aromatic rings. The van der Waals surface area contributed by atoms with Crippen molar-refractivity contribution in [3.05, 3.63) is 0 Å². The van der Waals surface area contributed by atoms with Crippen LogP contribution in [-0.2, 0) is 0 Å². The maximum atomic E-state index is 9.06. The third-order valence-corrected chi connectivity index (χ3v) is 4.97. The summed E-state index contributed by atoms with van der Waals surface area (Å²) in [6.45, 7) is 16.0. The number of hydrogen-bond donors (Lipinski definition) is 1. The zero-order chi connectivity index (χ0) is 11.2. The minimum atomic E-state index is 0.166. The van der Waals surface area contributed by atoms with Gasteiger partial charge in [-0.3, -0.25) is 4.90 Å². The van der Waals surface area contributed by atoms with Gasteiger partial charge in [0.15, 0.2) is 0 Å². The van der Waals surface area contributed by atoms with Crippen LogP contribution >= 0.6 is 0 Å². The molecule has 1 aliphatic rings. The molecule has 1 fully saturated rings. The number of nitrogens with zero attached hydrogens (tertiary/aromatic N) is 1. The first-order valence-corrected chi connectivity index (χ1v) is 5.53. The first-order chi connectivity index (χ1) is 6.17. The smallest absolute Gasteiger partial charge is 0.0558 e. The monoisotopic (exact) mass is 199 g/mol. The lowest BCUT2D eigenvalue weighted by Crippen LogP contribution is -2.48. The molecule has 1 rings (SSSR count). The van der Waals surface area contributed by atoms with E-state index in [0.29, 0.717) is 5.41 Å². The zero-order valence-corrected chi connectivity index (χ0v) is 10.5. The molecule has 1 aliphatic heterocycles. The van der Waals surface area contributed by atoms with Crippen molar-refractivity contribution >= 4 is 0 Å². The summed E-state index contributed by atoms with van der Waals surface area (Å²) in [5.41, 5.74) is 0.750. The van der Waals surface area contributed by atoms with E-state index in [9.17, 15) is 0 Å². The van der Waals surface area contributed by atoms with Crippen LogP contribution in [0.5, 0.6) is 0 Å². The van der Waals surface area contributed by atoms with E-state index in [1.165, 1.54) is 0 Å². The second-order valence-corrected chi connectivity index (χ2v) is 6.21. The first kappa shape index (κ1) is 12.0. The summed E-state index contributed by atoms with van der Waals surface area (Å²) < 4.78 is 0. The van der Waals surface area contributed by atoms with Gasteiger partial charge in [0.1, 0.15) is 0 Å². The van der Waals surface area contributed by atoms with Crippen LogP contribution in [-0.4, -0.2) is 35.2 Å². The van der Waals surface area contributed by atoms with E-state index in [4.69, 9.17) is 5.11 Å². The molecule has 1 heterocycles. The van der Waals surface area contributed by atoms with Crippen molar-refractivity contribution in [3.8, 4) is 0 Å². The van der Waals surface area contributed by atoms with Crippen LogP contribution in [0.25, 0.3) is 0 Å². The predicted molar refractivity (Wildman–Crippen MR) is 60.3 cm³/mol. The van der Waals surface area contributed by atoms with E-state index < -0.39 is 0 Å². The Hall–Kier alpha value is -0.0800. The summed E-state index contributed by atoms with van der Waals surface area (Å²) >= 11 is 0. The highest BCUT2D eigenvalue weighted by atomic mass is 16.3. The van der Waals surface area contributed by atoms with Crippen LogP contribution in [0.1, 0.15) is 41.5 Å². The van der Waals surface area contributed by atoms with Crippen LogP contribution in [0.3, 0.4) is 0 Å². The minimum Gasteiger partial charge on any atom is -0.395 e. The summed E-state index contributed by atoms with van der Waals surface area (Å²) in [6.07, 6.45) is 0. The van der Waals surface area contributed by atoms with Crippen LogP contribution in [0.15, 0.2) is 0 Å². The molecule has 1 saturated heterocycles. The molecule has 0 bridgehead atoms. The predicted octanol–water partition coefficient (Wildman–Crippen LogP) is 2.13. The average Bonchev–Trinajstić information content (AvgIpc) is 2.11. The van der Waals surface area contributed by atoms with Gasteiger partial charge in [0.2, 0.25) is 0 Å². The van der Waals surface area contributed by atoms with Crippen LogP contribution in [0.2, 0.25) is 0 Å². The molecular weight excluding hydrogens is 174 g/mol. The number of hydrogen-bond acceptors (Lipinski definition) is 2. The van der Waals surface area contributed by atoms with E-state index in [0.717, 1.165) is 13.1 Å². The van der Waals surface area contributed by atoms with Gasteiger partial charge in [0.05, 0.1) is 6.61 Å². The largest absolute Gasteiger partial charge is 0.395 e. The minimum absolute atomic E-state index is 0.166. The van der Waals surface area contributed by atoms with E-state index in [2.05, 4.69) is 46.4 Å². The summed E-state index contributed by atoms with van der Waals surface area (Å²) in [4.78, 5) is 2.41. The molecule has 1 N–H and O–H groups in total. The molecule has 84 valence electrons. The summed E-state index contributed by atoms with van der Waals surface area (Å²) in [7, 11) is 0. The molecule has 0 aromatic heterocycles. The highest BCUT2D eigenvalue weighted by Gasteiger charge is 2.57. The van der Waals surface area contributed by atoms with E-state index in [1.54, 1.807) is 0 Å². The van der Waals surface area contributed by atoms with Gasteiger partial charge in [0, 0.05) is 18.6 Å². The highest BCUT2D eigenvalue weighted by Crippen LogP contribution is 2.55. The van der Waals surface area contributed by atoms with Gasteiger partial charge in [-0.25, -0.2) is 0 Å². The van der Waals surface area contributed by atoms with Gasteiger partial charge in [-0.1, -0.05) is 27.7 Å². The van der Waals surface area contributed by atoms with Gasteiger partial charge < -0.3 is 5.11 Å². The first-order valence-electron chi connectivity index (χ1n) is 5.53. The van der Waals surface area contributed by atoms with Crippen molar-refractivity contribution in [1.29, 1.82) is 0 Å². The average molecular weight is 199 g/mol. The lowest BCUT2D eigenvalue weighted by molar-refractivity contribution is 0.0522. The second-order valence-electron chi connectivity index (χ2n) is 6.21. The zero-order valence-electron chi connectivity index (χ0n) is 10.5. The standard InChI is InChI=1S/C12H25NO/c1-10(2)9-13(7-8-14)12(5,6)11(10,3)4/h14H,7-9H2,1-6H3. The lowest BCUT2D eigenvalue weighted by atomic mass is 9.62. The molecule has 0 atom stereocenters. The lowest BCUT2D eigenvalue weighted by Gasteiger charge is -2.45. The third-order valence-electron chi connectivity index (χ3n) is 4.97. The van der Waals surface area contributed by atoms with Gasteiger partial charge in [0.25, 0.3) is 0 Å². The number of rotatable bonds is 2. The van der Waals surface area contributed by atoms with Crippen LogP contribution < -0.4 is 0 Å². The van der Waals surface area contributed by atoms with Gasteiger partial charge in [-0.2, -0.15) is 0 Å². The van der Waals surface area contributed by atoms with E-state index >= 15 is 0 Å². The third kappa shape index (κ3) is 1.40. The van der Waals surface area contributed by atoms with Crippen molar-refractivity contribution in [3.63, 3.8) is 0 Å². The van der Waals surface area contributed by atoms with Crippen LogP contribution in [0.4, 0.5) is 0 Å². The Morgan fingerprint density at radius 3 is 1.86 bits per heavy atom. The van der Waals surface area contributed by atoms with Gasteiger partial charge in [-0.15, -0.1) is 0 Å². The Balaban J connectivity index is 2.99. The number of β-amino-alcohol motifs (C(OH)–C–C–N with tert-alkyl or cyclic N) is 1. The Morgan fingerprint density at radius 2 is 1.57 bits per heavy atom. The molecule has 0 radical (unpaired) electrons. The molecule has 2 heteroatoms. The topological polar surface area (TPSA) is 23.5 Å². The summed E-state index contributed by atoms with van der Waals surface area (Å²) in [5.74, 6) is 0. The fourth-order valence-corrected chi connectivity index (χ4v) is 2.58. The summed E-state index contributed by atoms with van der Waals surface area (Å²) in [6, 6.07) is 0. The van der Waals surface area contributed by atoms with Crippen molar-refractivity contribution in [2.75, 3.05) is 19.7 Å². The quantitative estimate of drug-likeness (QED) is 0.736. The molecule has 0 spiro atoms. The van der Waals surface area contributed by atoms with Crippen molar-refractivity contribution in [2.45, 2.75) is 47.1 Å². The molecule has 0 aliphatic carbocycles. The number of aliphatic hydroxyl groups excluding tert-OH is 1. The maximum absolute atomic E-state index is 9.06. The SMILES string of the molecule is CC1(C)CN(CCO)C(C)(C)C1(C)C. The van der Waals surface area contributed by atoms with Crippen molar-refractivity contribution in [2.24, 2.45) is 10.8 Å². The molecule has 0 aromatic carbocycles. The highest BCUT2D eigenvalue weighted by molar-refractivity contribution is 5.10. The molecule has 0 saturated carbocycles. The second kappa shape index (κ2) is 3.21. The fourth-order valence-electron chi connectivity index (χ4n) is 2.58. The molecule has 0 amide bonds. The maximum Gasteiger partial charge on any atom is 0.0558 e. The van der Waals surface area contributed by atoms with Crippen molar-refractivity contribution < 1.29 is 5.11 Å². The summed E-state index contributed by atoms with van der Waals surface area (Å²) in [5, 5.41) is 9.06. The normalized spacial score (nSPS) is 29.4. The molecular formula is C12H25NO. The van der Waals surface area contributed by atoms with Gasteiger partial charge in [-0.05, 0) is 24.7 Å². The van der Waals surface area contributed by atoms with Gasteiger partial charge >= 0.3 is 0 Å². The molecule has 14 heavy (non-hydrogen) atoms.